The number of carbonyl (C=O) groups is 2. The molecule has 0 aliphatic carbocycles. The van der Waals surface area contributed by atoms with Crippen molar-refractivity contribution in [3.8, 4) is 0 Å². The Morgan fingerprint density at radius 2 is 1.78 bits per heavy atom. The fourth-order valence-electron chi connectivity index (χ4n) is 3.20. The SMILES string of the molecule is CCN(Cc1ccccc1NC(=O)CCn1ccc2ccccc21)C(C)=O. The molecule has 140 valence electrons. The average Bonchev–Trinajstić information content (AvgIpc) is 3.08. The number of fused-ring (bicyclic) bond motifs is 1. The van der Waals surface area contributed by atoms with Crippen LogP contribution in [0.3, 0.4) is 0 Å². The van der Waals surface area contributed by atoms with Crippen molar-refractivity contribution in [2.75, 3.05) is 11.9 Å². The summed E-state index contributed by atoms with van der Waals surface area (Å²) in [5.41, 5.74) is 2.83. The van der Waals surface area contributed by atoms with Gasteiger partial charge >= 0.3 is 0 Å². The molecule has 0 saturated carbocycles. The van der Waals surface area contributed by atoms with E-state index in [2.05, 4.69) is 28.1 Å². The predicted molar refractivity (Wildman–Crippen MR) is 108 cm³/mol. The number of nitrogens with zero attached hydrogens (tertiary/aromatic N) is 2. The molecular formula is C22H25N3O2. The van der Waals surface area contributed by atoms with Crippen LogP contribution in [0.15, 0.2) is 60.8 Å². The lowest BCUT2D eigenvalue weighted by Crippen LogP contribution is -2.28. The summed E-state index contributed by atoms with van der Waals surface area (Å²) in [6.07, 6.45) is 2.40. The van der Waals surface area contributed by atoms with Gasteiger partial charge in [-0.25, -0.2) is 0 Å². The van der Waals surface area contributed by atoms with Gasteiger partial charge in [-0.2, -0.15) is 0 Å². The van der Waals surface area contributed by atoms with Gasteiger partial charge in [-0.05, 0) is 36.1 Å². The molecule has 3 rings (SSSR count). The van der Waals surface area contributed by atoms with E-state index in [0.29, 0.717) is 26.1 Å². The van der Waals surface area contributed by atoms with Crippen LogP contribution in [0.1, 0.15) is 25.8 Å². The van der Waals surface area contributed by atoms with Crippen LogP contribution in [-0.2, 0) is 22.7 Å². The van der Waals surface area contributed by atoms with Gasteiger partial charge in [0.15, 0.2) is 0 Å². The van der Waals surface area contributed by atoms with Gasteiger partial charge < -0.3 is 14.8 Å². The molecule has 0 atom stereocenters. The van der Waals surface area contributed by atoms with E-state index >= 15 is 0 Å². The summed E-state index contributed by atoms with van der Waals surface area (Å²) in [4.78, 5) is 25.9. The van der Waals surface area contributed by atoms with Crippen LogP contribution in [0, 0.1) is 0 Å². The molecule has 0 unspecified atom stereocenters. The van der Waals surface area contributed by atoms with Gasteiger partial charge in [0.1, 0.15) is 0 Å². The molecule has 1 N–H and O–H groups in total. The number of para-hydroxylation sites is 2. The number of aryl methyl sites for hydroxylation is 1. The molecule has 27 heavy (non-hydrogen) atoms. The van der Waals surface area contributed by atoms with Crippen molar-refractivity contribution >= 4 is 28.4 Å². The molecule has 2 amide bonds. The van der Waals surface area contributed by atoms with Gasteiger partial charge in [-0.15, -0.1) is 0 Å². The Kier molecular flexibility index (Phi) is 5.91. The highest BCUT2D eigenvalue weighted by Crippen LogP contribution is 2.19. The first-order valence-electron chi connectivity index (χ1n) is 9.25. The molecule has 0 aliphatic rings. The summed E-state index contributed by atoms with van der Waals surface area (Å²) in [7, 11) is 0. The molecule has 0 bridgehead atoms. The van der Waals surface area contributed by atoms with E-state index in [-0.39, 0.29) is 11.8 Å². The van der Waals surface area contributed by atoms with E-state index in [1.807, 2.05) is 49.5 Å². The highest BCUT2D eigenvalue weighted by atomic mass is 16.2. The van der Waals surface area contributed by atoms with Crippen molar-refractivity contribution in [1.29, 1.82) is 0 Å². The third-order valence-electron chi connectivity index (χ3n) is 4.74. The highest BCUT2D eigenvalue weighted by Gasteiger charge is 2.12. The van der Waals surface area contributed by atoms with Crippen molar-refractivity contribution in [2.45, 2.75) is 33.4 Å². The Morgan fingerprint density at radius 1 is 1.04 bits per heavy atom. The highest BCUT2D eigenvalue weighted by molar-refractivity contribution is 5.91. The van der Waals surface area contributed by atoms with Crippen LogP contribution in [0.2, 0.25) is 0 Å². The van der Waals surface area contributed by atoms with Crippen molar-refractivity contribution in [3.05, 3.63) is 66.4 Å². The number of benzene rings is 2. The smallest absolute Gasteiger partial charge is 0.226 e. The van der Waals surface area contributed by atoms with E-state index in [0.717, 1.165) is 16.8 Å². The van der Waals surface area contributed by atoms with E-state index in [4.69, 9.17) is 0 Å². The number of nitrogens with one attached hydrogen (secondary N) is 1. The molecule has 0 spiro atoms. The zero-order valence-electron chi connectivity index (χ0n) is 15.8. The first-order valence-corrected chi connectivity index (χ1v) is 9.25. The predicted octanol–water partition coefficient (Wildman–Crippen LogP) is 4.04. The number of rotatable bonds is 7. The van der Waals surface area contributed by atoms with Crippen molar-refractivity contribution < 1.29 is 9.59 Å². The van der Waals surface area contributed by atoms with Crippen LogP contribution in [0.4, 0.5) is 5.69 Å². The van der Waals surface area contributed by atoms with E-state index in [9.17, 15) is 9.59 Å². The Labute approximate surface area is 159 Å². The summed E-state index contributed by atoms with van der Waals surface area (Å²) in [5.74, 6) is -0.00998. The molecular weight excluding hydrogens is 338 g/mol. The Bertz CT molecular complexity index is 945. The normalized spacial score (nSPS) is 10.7. The first-order chi connectivity index (χ1) is 13.1. The topological polar surface area (TPSA) is 54.3 Å². The van der Waals surface area contributed by atoms with Gasteiger partial charge in [0.05, 0.1) is 0 Å². The molecule has 5 heteroatoms. The molecule has 1 aromatic heterocycles. The largest absolute Gasteiger partial charge is 0.347 e. The second-order valence-electron chi connectivity index (χ2n) is 6.56. The van der Waals surface area contributed by atoms with Gasteiger partial charge in [0.2, 0.25) is 11.8 Å². The summed E-state index contributed by atoms with van der Waals surface area (Å²) in [6, 6.07) is 17.8. The molecule has 3 aromatic rings. The van der Waals surface area contributed by atoms with Crippen molar-refractivity contribution in [3.63, 3.8) is 0 Å². The minimum Gasteiger partial charge on any atom is -0.347 e. The molecule has 0 aliphatic heterocycles. The minimum absolute atomic E-state index is 0.0260. The second-order valence-corrected chi connectivity index (χ2v) is 6.56. The lowest BCUT2D eigenvalue weighted by atomic mass is 10.1. The molecule has 2 aromatic carbocycles. The third kappa shape index (κ3) is 4.56. The number of aromatic nitrogens is 1. The molecule has 0 saturated heterocycles. The maximum absolute atomic E-state index is 12.5. The van der Waals surface area contributed by atoms with Gasteiger partial charge in [0.25, 0.3) is 0 Å². The van der Waals surface area contributed by atoms with Gasteiger partial charge in [0, 0.05) is 50.4 Å². The molecule has 1 heterocycles. The van der Waals surface area contributed by atoms with Crippen LogP contribution >= 0.6 is 0 Å². The Morgan fingerprint density at radius 3 is 2.56 bits per heavy atom. The lowest BCUT2D eigenvalue weighted by Gasteiger charge is -2.21. The summed E-state index contributed by atoms with van der Waals surface area (Å²) in [6.45, 7) is 5.26. The van der Waals surface area contributed by atoms with Crippen LogP contribution in [0.25, 0.3) is 10.9 Å². The average molecular weight is 363 g/mol. The number of anilines is 1. The fraction of sp³-hybridized carbons (Fsp3) is 0.273. The minimum atomic E-state index is -0.0360. The van der Waals surface area contributed by atoms with Crippen molar-refractivity contribution in [1.82, 2.24) is 9.47 Å². The van der Waals surface area contributed by atoms with Crippen LogP contribution in [0.5, 0.6) is 0 Å². The third-order valence-corrected chi connectivity index (χ3v) is 4.74. The maximum Gasteiger partial charge on any atom is 0.226 e. The van der Waals surface area contributed by atoms with Crippen LogP contribution < -0.4 is 5.32 Å². The van der Waals surface area contributed by atoms with E-state index < -0.39 is 0 Å². The van der Waals surface area contributed by atoms with E-state index in [1.54, 1.807) is 11.8 Å². The Balaban J connectivity index is 1.65. The van der Waals surface area contributed by atoms with Crippen molar-refractivity contribution in [2.24, 2.45) is 0 Å². The molecule has 5 nitrogen and oxygen atoms in total. The zero-order chi connectivity index (χ0) is 19.2. The fourth-order valence-corrected chi connectivity index (χ4v) is 3.20. The standard InChI is InChI=1S/C22H25N3O2/c1-3-24(17(2)26)16-19-9-4-6-10-20(19)23-22(27)13-15-25-14-12-18-8-5-7-11-21(18)25/h4-12,14H,3,13,15-16H2,1-2H3,(H,23,27). The number of carbonyl (C=O) groups excluding carboxylic acids is 2. The van der Waals surface area contributed by atoms with E-state index in [1.165, 1.54) is 5.39 Å². The summed E-state index contributed by atoms with van der Waals surface area (Å²) in [5, 5.41) is 4.17. The number of amides is 2. The van der Waals surface area contributed by atoms with Crippen LogP contribution in [-0.4, -0.2) is 27.8 Å². The lowest BCUT2D eigenvalue weighted by molar-refractivity contribution is -0.129. The monoisotopic (exact) mass is 363 g/mol. The quantitative estimate of drug-likeness (QED) is 0.689. The maximum atomic E-state index is 12.5. The number of hydrogen-bond acceptors (Lipinski definition) is 2. The first kappa shape index (κ1) is 18.7. The molecule has 0 radical (unpaired) electrons. The van der Waals surface area contributed by atoms with Gasteiger partial charge in [-0.1, -0.05) is 36.4 Å². The number of hydrogen-bond donors (Lipinski definition) is 1. The Hall–Kier alpha value is -3.08. The summed E-state index contributed by atoms with van der Waals surface area (Å²) < 4.78 is 2.09. The zero-order valence-corrected chi connectivity index (χ0v) is 15.8. The summed E-state index contributed by atoms with van der Waals surface area (Å²) >= 11 is 0. The second kappa shape index (κ2) is 8.54. The molecule has 0 fully saturated rings. The van der Waals surface area contributed by atoms with Gasteiger partial charge in [-0.3, -0.25) is 9.59 Å².